The Hall–Kier alpha value is 0.270. The van der Waals surface area contributed by atoms with Gasteiger partial charge in [0.1, 0.15) is 0 Å². The van der Waals surface area contributed by atoms with Gasteiger partial charge in [0, 0.05) is 24.4 Å². The van der Waals surface area contributed by atoms with Crippen LogP contribution in [0.1, 0.15) is 25.7 Å². The fourth-order valence-electron chi connectivity index (χ4n) is 3.31. The molecule has 2 nitrogen and oxygen atoms in total. The minimum atomic E-state index is 0.838. The minimum Gasteiger partial charge on any atom is -0.313 e. The van der Waals surface area contributed by atoms with Crippen molar-refractivity contribution in [3.63, 3.8) is 0 Å². The van der Waals surface area contributed by atoms with Gasteiger partial charge in [0.05, 0.1) is 0 Å². The molecule has 4 unspecified atom stereocenters. The van der Waals surface area contributed by atoms with Crippen molar-refractivity contribution in [2.75, 3.05) is 31.9 Å². The van der Waals surface area contributed by atoms with Crippen molar-refractivity contribution in [3.05, 3.63) is 0 Å². The van der Waals surface area contributed by atoms with Crippen LogP contribution in [0, 0.1) is 5.92 Å². The molecular weight excluding hydrogens is 204 g/mol. The number of hydrogen-bond acceptors (Lipinski definition) is 3. The Labute approximate surface area is 97.2 Å². The summed E-state index contributed by atoms with van der Waals surface area (Å²) < 4.78 is 0. The molecule has 15 heavy (non-hydrogen) atoms. The molecule has 4 atom stereocenters. The molecule has 3 heterocycles. The van der Waals surface area contributed by atoms with Crippen molar-refractivity contribution in [1.29, 1.82) is 0 Å². The summed E-state index contributed by atoms with van der Waals surface area (Å²) in [6.07, 6.45) is 5.72. The average molecular weight is 226 g/mol. The van der Waals surface area contributed by atoms with Gasteiger partial charge in [0.25, 0.3) is 0 Å². The molecule has 3 heteroatoms. The highest BCUT2D eigenvalue weighted by Crippen LogP contribution is 2.29. The van der Waals surface area contributed by atoms with Gasteiger partial charge in [-0.1, -0.05) is 0 Å². The first-order valence-electron chi connectivity index (χ1n) is 6.49. The van der Waals surface area contributed by atoms with Crippen molar-refractivity contribution in [2.45, 2.75) is 37.0 Å². The first kappa shape index (κ1) is 10.4. The lowest BCUT2D eigenvalue weighted by Gasteiger charge is -2.31. The van der Waals surface area contributed by atoms with E-state index < -0.39 is 0 Å². The van der Waals surface area contributed by atoms with E-state index in [1.165, 1.54) is 57.6 Å². The average Bonchev–Trinajstić information content (AvgIpc) is 2.88. The summed E-state index contributed by atoms with van der Waals surface area (Å²) >= 11 is 2.18. The normalized spacial score (nSPS) is 44.8. The summed E-state index contributed by atoms with van der Waals surface area (Å²) in [6.45, 7) is 5.34. The van der Waals surface area contributed by atoms with E-state index in [1.54, 1.807) is 0 Å². The number of thioether (sulfide) groups is 1. The fourth-order valence-corrected chi connectivity index (χ4v) is 4.52. The molecule has 3 rings (SSSR count). The van der Waals surface area contributed by atoms with Crippen LogP contribution in [0.25, 0.3) is 0 Å². The summed E-state index contributed by atoms with van der Waals surface area (Å²) in [4.78, 5) is 2.63. The van der Waals surface area contributed by atoms with Gasteiger partial charge in [0.2, 0.25) is 0 Å². The second-order valence-corrected chi connectivity index (χ2v) is 6.70. The highest BCUT2D eigenvalue weighted by atomic mass is 32.2. The lowest BCUT2D eigenvalue weighted by Crippen LogP contribution is -2.45. The summed E-state index contributed by atoms with van der Waals surface area (Å²) in [5.74, 6) is 2.36. The van der Waals surface area contributed by atoms with Gasteiger partial charge in [-0.05, 0) is 50.4 Å². The largest absolute Gasteiger partial charge is 0.313 e. The van der Waals surface area contributed by atoms with E-state index in [4.69, 9.17) is 0 Å². The zero-order valence-electron chi connectivity index (χ0n) is 9.45. The van der Waals surface area contributed by atoms with Gasteiger partial charge >= 0.3 is 0 Å². The first-order valence-corrected chi connectivity index (χ1v) is 7.54. The Bertz CT molecular complexity index is 216. The van der Waals surface area contributed by atoms with E-state index in [0.717, 1.165) is 17.2 Å². The Morgan fingerprint density at radius 1 is 1.20 bits per heavy atom. The first-order chi connectivity index (χ1) is 7.42. The number of rotatable bonds is 3. The summed E-state index contributed by atoms with van der Waals surface area (Å²) in [5.41, 5.74) is 0. The van der Waals surface area contributed by atoms with E-state index >= 15 is 0 Å². The lowest BCUT2D eigenvalue weighted by molar-refractivity contribution is 0.221. The lowest BCUT2D eigenvalue weighted by atomic mass is 9.94. The van der Waals surface area contributed by atoms with Crippen LogP contribution in [0.15, 0.2) is 0 Å². The fraction of sp³-hybridized carbons (Fsp3) is 1.00. The van der Waals surface area contributed by atoms with Crippen LogP contribution >= 0.6 is 11.8 Å². The molecule has 0 amide bonds. The van der Waals surface area contributed by atoms with Crippen LogP contribution in [-0.2, 0) is 0 Å². The van der Waals surface area contributed by atoms with Gasteiger partial charge in [-0.3, -0.25) is 0 Å². The second kappa shape index (κ2) is 4.64. The number of nitrogens with zero attached hydrogens (tertiary/aromatic N) is 1. The smallest absolute Gasteiger partial charge is 0.0172 e. The Morgan fingerprint density at radius 3 is 3.00 bits per heavy atom. The third kappa shape index (κ3) is 2.34. The maximum absolute atomic E-state index is 3.84. The molecule has 3 saturated heterocycles. The Balaban J connectivity index is 1.46. The predicted octanol–water partition coefficient (Wildman–Crippen LogP) is 1.57. The molecule has 0 aromatic carbocycles. The van der Waals surface area contributed by atoms with E-state index in [1.807, 2.05) is 0 Å². The van der Waals surface area contributed by atoms with Gasteiger partial charge < -0.3 is 10.2 Å². The van der Waals surface area contributed by atoms with Crippen molar-refractivity contribution in [2.24, 2.45) is 5.92 Å². The molecule has 1 N–H and O–H groups in total. The Morgan fingerprint density at radius 2 is 2.13 bits per heavy atom. The van der Waals surface area contributed by atoms with E-state index in [0.29, 0.717) is 0 Å². The second-order valence-electron chi connectivity index (χ2n) is 5.29. The molecule has 0 saturated carbocycles. The van der Waals surface area contributed by atoms with Crippen molar-refractivity contribution in [1.82, 2.24) is 10.2 Å². The maximum atomic E-state index is 3.84. The summed E-state index contributed by atoms with van der Waals surface area (Å²) in [5, 5.41) is 4.76. The van der Waals surface area contributed by atoms with Gasteiger partial charge in [0.15, 0.2) is 0 Å². The molecule has 2 bridgehead atoms. The van der Waals surface area contributed by atoms with Gasteiger partial charge in [-0.15, -0.1) is 0 Å². The summed E-state index contributed by atoms with van der Waals surface area (Å²) in [6, 6.07) is 0.838. The molecular formula is C12H22N2S. The quantitative estimate of drug-likeness (QED) is 0.786. The van der Waals surface area contributed by atoms with Crippen molar-refractivity contribution >= 4 is 11.8 Å². The van der Waals surface area contributed by atoms with E-state index in [2.05, 4.69) is 22.0 Å². The summed E-state index contributed by atoms with van der Waals surface area (Å²) in [7, 11) is 0. The zero-order valence-corrected chi connectivity index (χ0v) is 10.3. The van der Waals surface area contributed by atoms with Crippen LogP contribution in [-0.4, -0.2) is 48.1 Å². The minimum absolute atomic E-state index is 0.838. The number of piperidine rings is 1. The van der Waals surface area contributed by atoms with E-state index in [9.17, 15) is 0 Å². The topological polar surface area (TPSA) is 15.3 Å². The molecule has 86 valence electrons. The molecule has 0 aliphatic carbocycles. The molecule has 0 spiro atoms. The van der Waals surface area contributed by atoms with Gasteiger partial charge in [-0.25, -0.2) is 0 Å². The van der Waals surface area contributed by atoms with Crippen LogP contribution in [0.5, 0.6) is 0 Å². The SMILES string of the molecule is C1CSC(CNC2CCN3CCC2C3)C1. The van der Waals surface area contributed by atoms with Crippen molar-refractivity contribution < 1.29 is 0 Å². The molecule has 3 aliphatic rings. The standard InChI is InChI=1S/C12H22N2S/c1-2-11(15-7-1)8-13-12-4-6-14-5-3-10(12)9-14/h10-13H,1-9H2. The number of nitrogens with one attached hydrogen (secondary N) is 1. The molecule has 3 aliphatic heterocycles. The Kier molecular flexibility index (Phi) is 3.23. The third-order valence-electron chi connectivity index (χ3n) is 4.27. The van der Waals surface area contributed by atoms with Crippen LogP contribution in [0.4, 0.5) is 0 Å². The molecule has 0 radical (unpaired) electrons. The van der Waals surface area contributed by atoms with Gasteiger partial charge in [-0.2, -0.15) is 11.8 Å². The van der Waals surface area contributed by atoms with Crippen LogP contribution in [0.2, 0.25) is 0 Å². The highest BCUT2D eigenvalue weighted by Gasteiger charge is 2.34. The number of hydrogen-bond donors (Lipinski definition) is 1. The third-order valence-corrected chi connectivity index (χ3v) is 5.66. The zero-order chi connectivity index (χ0) is 10.1. The monoisotopic (exact) mass is 226 g/mol. The molecule has 0 aromatic rings. The maximum Gasteiger partial charge on any atom is 0.0172 e. The van der Waals surface area contributed by atoms with Crippen LogP contribution < -0.4 is 5.32 Å². The number of fused-ring (bicyclic) bond motifs is 2. The van der Waals surface area contributed by atoms with E-state index in [-0.39, 0.29) is 0 Å². The van der Waals surface area contributed by atoms with Crippen molar-refractivity contribution in [3.8, 4) is 0 Å². The highest BCUT2D eigenvalue weighted by molar-refractivity contribution is 8.00. The molecule has 3 fully saturated rings. The molecule has 0 aromatic heterocycles. The van der Waals surface area contributed by atoms with Crippen LogP contribution in [0.3, 0.4) is 0 Å². The predicted molar refractivity (Wildman–Crippen MR) is 66.4 cm³/mol.